The number of hydrogen-bond donors (Lipinski definition) is 1. The smallest absolute Gasteiger partial charge is 0.0537 e. The van der Waals surface area contributed by atoms with E-state index in [0.717, 1.165) is 13.0 Å². The third-order valence-corrected chi connectivity index (χ3v) is 3.36. The van der Waals surface area contributed by atoms with Crippen molar-refractivity contribution in [3.8, 4) is 0 Å². The fourth-order valence-corrected chi connectivity index (χ4v) is 2.43. The zero-order valence-corrected chi connectivity index (χ0v) is 10.5. The van der Waals surface area contributed by atoms with Crippen molar-refractivity contribution in [3.63, 3.8) is 0 Å². The summed E-state index contributed by atoms with van der Waals surface area (Å²) in [5.41, 5.74) is 1.31. The van der Waals surface area contributed by atoms with Crippen molar-refractivity contribution in [3.05, 3.63) is 18.0 Å². The van der Waals surface area contributed by atoms with Crippen LogP contribution in [-0.4, -0.2) is 40.9 Å². The van der Waals surface area contributed by atoms with Crippen molar-refractivity contribution in [2.24, 2.45) is 7.05 Å². The first-order chi connectivity index (χ1) is 7.69. The molecule has 4 nitrogen and oxygen atoms in total. The molecule has 1 aliphatic heterocycles. The molecule has 90 valence electrons. The van der Waals surface area contributed by atoms with Crippen molar-refractivity contribution >= 4 is 0 Å². The molecule has 1 aromatic heterocycles. The van der Waals surface area contributed by atoms with Crippen LogP contribution in [0.1, 0.15) is 31.4 Å². The molecule has 2 unspecified atom stereocenters. The summed E-state index contributed by atoms with van der Waals surface area (Å²) < 4.78 is 1.88. The third-order valence-electron chi connectivity index (χ3n) is 3.36. The second-order valence-electron chi connectivity index (χ2n) is 4.82. The number of nitrogens with zero attached hydrogens (tertiary/aromatic N) is 3. The fraction of sp³-hybridized carbons (Fsp3) is 0.750. The van der Waals surface area contributed by atoms with E-state index in [9.17, 15) is 0 Å². The molecule has 0 saturated carbocycles. The van der Waals surface area contributed by atoms with E-state index in [-0.39, 0.29) is 0 Å². The summed E-state index contributed by atoms with van der Waals surface area (Å²) >= 11 is 0. The van der Waals surface area contributed by atoms with Gasteiger partial charge in [0.2, 0.25) is 0 Å². The lowest BCUT2D eigenvalue weighted by molar-refractivity contribution is 0.379. The summed E-state index contributed by atoms with van der Waals surface area (Å²) in [5.74, 6) is 0. The molecule has 2 heterocycles. The van der Waals surface area contributed by atoms with Crippen LogP contribution in [0, 0.1) is 0 Å². The van der Waals surface area contributed by atoms with Crippen LogP contribution in [0.25, 0.3) is 0 Å². The Morgan fingerprint density at radius 1 is 1.56 bits per heavy atom. The highest BCUT2D eigenvalue weighted by molar-refractivity contribution is 5.10. The van der Waals surface area contributed by atoms with E-state index in [1.807, 2.05) is 17.9 Å². The van der Waals surface area contributed by atoms with Gasteiger partial charge in [0.25, 0.3) is 0 Å². The Morgan fingerprint density at radius 3 is 2.88 bits per heavy atom. The molecule has 0 bridgehead atoms. The molecular weight excluding hydrogens is 200 g/mol. The van der Waals surface area contributed by atoms with Crippen LogP contribution in [0.4, 0.5) is 0 Å². The van der Waals surface area contributed by atoms with Crippen molar-refractivity contribution in [1.82, 2.24) is 20.0 Å². The van der Waals surface area contributed by atoms with Crippen LogP contribution in [0.15, 0.2) is 12.4 Å². The molecule has 4 heteroatoms. The fourth-order valence-electron chi connectivity index (χ4n) is 2.43. The molecule has 0 spiro atoms. The minimum atomic E-state index is 0.449. The topological polar surface area (TPSA) is 33.1 Å². The Hall–Kier alpha value is -0.870. The summed E-state index contributed by atoms with van der Waals surface area (Å²) in [6.07, 6.45) is 6.46. The molecular formula is C12H22N4. The number of aromatic nitrogens is 2. The van der Waals surface area contributed by atoms with E-state index in [1.165, 1.54) is 18.5 Å². The van der Waals surface area contributed by atoms with Gasteiger partial charge in [0, 0.05) is 37.4 Å². The van der Waals surface area contributed by atoms with Gasteiger partial charge >= 0.3 is 0 Å². The van der Waals surface area contributed by atoms with Crippen LogP contribution in [0.5, 0.6) is 0 Å². The Labute approximate surface area is 97.6 Å². The van der Waals surface area contributed by atoms with Gasteiger partial charge in [-0.3, -0.25) is 4.68 Å². The lowest BCUT2D eigenvalue weighted by Crippen LogP contribution is -2.34. The van der Waals surface area contributed by atoms with E-state index in [2.05, 4.69) is 35.5 Å². The maximum atomic E-state index is 4.24. The van der Waals surface area contributed by atoms with E-state index in [4.69, 9.17) is 0 Å². The first-order valence-corrected chi connectivity index (χ1v) is 6.12. The van der Waals surface area contributed by atoms with Crippen LogP contribution in [-0.2, 0) is 7.05 Å². The summed E-state index contributed by atoms with van der Waals surface area (Å²) in [4.78, 5) is 2.38. The van der Waals surface area contributed by atoms with Crippen LogP contribution in [0.2, 0.25) is 0 Å². The van der Waals surface area contributed by atoms with Crippen molar-refractivity contribution < 1.29 is 0 Å². The maximum Gasteiger partial charge on any atom is 0.0537 e. The quantitative estimate of drug-likeness (QED) is 0.830. The molecule has 1 aromatic rings. The van der Waals surface area contributed by atoms with Gasteiger partial charge in [0.1, 0.15) is 0 Å². The molecule has 0 aliphatic carbocycles. The molecule has 1 N–H and O–H groups in total. The van der Waals surface area contributed by atoms with E-state index < -0.39 is 0 Å². The zero-order chi connectivity index (χ0) is 11.5. The number of nitrogens with one attached hydrogen (secondary N) is 1. The van der Waals surface area contributed by atoms with Gasteiger partial charge in [-0.15, -0.1) is 0 Å². The normalized spacial score (nSPS) is 23.8. The zero-order valence-electron chi connectivity index (χ0n) is 10.5. The van der Waals surface area contributed by atoms with Gasteiger partial charge < -0.3 is 10.2 Å². The number of likely N-dealkylation sites (N-methyl/N-ethyl adjacent to an activating group) is 1. The summed E-state index contributed by atoms with van der Waals surface area (Å²) in [6, 6.07) is 1.08. The number of rotatable bonds is 4. The molecule has 0 aromatic carbocycles. The number of hydrogen-bond acceptors (Lipinski definition) is 3. The molecule has 1 aliphatic rings. The molecule has 2 atom stereocenters. The predicted molar refractivity (Wildman–Crippen MR) is 65.3 cm³/mol. The molecule has 0 radical (unpaired) electrons. The Morgan fingerprint density at radius 2 is 2.38 bits per heavy atom. The monoisotopic (exact) mass is 222 g/mol. The second-order valence-corrected chi connectivity index (χ2v) is 4.82. The van der Waals surface area contributed by atoms with E-state index in [0.29, 0.717) is 12.1 Å². The SMILES string of the molecule is CCC(NC1CCN(C)C1)c1cnn(C)c1. The lowest BCUT2D eigenvalue weighted by atomic mass is 10.1. The highest BCUT2D eigenvalue weighted by atomic mass is 15.2. The van der Waals surface area contributed by atoms with Gasteiger partial charge in [-0.05, 0) is 26.4 Å². The van der Waals surface area contributed by atoms with E-state index in [1.54, 1.807) is 0 Å². The Bertz CT molecular complexity index is 334. The lowest BCUT2D eigenvalue weighted by Gasteiger charge is -2.20. The maximum absolute atomic E-state index is 4.24. The minimum Gasteiger partial charge on any atom is -0.306 e. The second kappa shape index (κ2) is 4.97. The van der Waals surface area contributed by atoms with Crippen LogP contribution >= 0.6 is 0 Å². The summed E-state index contributed by atoms with van der Waals surface area (Å²) in [6.45, 7) is 4.60. The number of likely N-dealkylation sites (tertiary alicyclic amines) is 1. The number of aryl methyl sites for hydroxylation is 1. The third kappa shape index (κ3) is 2.62. The van der Waals surface area contributed by atoms with E-state index >= 15 is 0 Å². The molecule has 1 fully saturated rings. The molecule has 2 rings (SSSR count). The highest BCUT2D eigenvalue weighted by Crippen LogP contribution is 2.18. The van der Waals surface area contributed by atoms with Gasteiger partial charge in [-0.1, -0.05) is 6.92 Å². The average Bonchev–Trinajstić information content (AvgIpc) is 2.84. The first kappa shape index (κ1) is 11.6. The first-order valence-electron chi connectivity index (χ1n) is 6.12. The van der Waals surface area contributed by atoms with Gasteiger partial charge in [0.15, 0.2) is 0 Å². The van der Waals surface area contributed by atoms with Gasteiger partial charge in [0.05, 0.1) is 6.20 Å². The van der Waals surface area contributed by atoms with Gasteiger partial charge in [-0.25, -0.2) is 0 Å². The van der Waals surface area contributed by atoms with Crippen molar-refractivity contribution in [2.75, 3.05) is 20.1 Å². The standard InChI is InChI=1S/C12H22N4/c1-4-12(10-7-13-16(3)8-10)14-11-5-6-15(2)9-11/h7-8,11-12,14H,4-6,9H2,1-3H3. The molecule has 16 heavy (non-hydrogen) atoms. The Kier molecular flexibility index (Phi) is 3.61. The van der Waals surface area contributed by atoms with Crippen LogP contribution in [0.3, 0.4) is 0 Å². The van der Waals surface area contributed by atoms with Crippen molar-refractivity contribution in [1.29, 1.82) is 0 Å². The van der Waals surface area contributed by atoms with Gasteiger partial charge in [-0.2, -0.15) is 5.10 Å². The predicted octanol–water partition coefficient (Wildman–Crippen LogP) is 1.16. The van der Waals surface area contributed by atoms with Crippen molar-refractivity contribution in [2.45, 2.75) is 31.8 Å². The van der Waals surface area contributed by atoms with Crippen LogP contribution < -0.4 is 5.32 Å². The summed E-state index contributed by atoms with van der Waals surface area (Å²) in [7, 11) is 4.16. The highest BCUT2D eigenvalue weighted by Gasteiger charge is 2.22. The summed E-state index contributed by atoms with van der Waals surface area (Å²) in [5, 5.41) is 7.97. The Balaban J connectivity index is 1.95. The minimum absolute atomic E-state index is 0.449. The molecule has 0 amide bonds. The molecule has 1 saturated heterocycles. The largest absolute Gasteiger partial charge is 0.306 e. The average molecular weight is 222 g/mol.